The largest absolute Gasteiger partial charge is 0.356 e. The summed E-state index contributed by atoms with van der Waals surface area (Å²) in [7, 11) is 1.97. The van der Waals surface area contributed by atoms with Gasteiger partial charge in [-0.2, -0.15) is 0 Å². The van der Waals surface area contributed by atoms with Crippen LogP contribution in [0, 0.1) is 20.8 Å². The zero-order valence-electron chi connectivity index (χ0n) is 17.0. The van der Waals surface area contributed by atoms with E-state index in [1.165, 1.54) is 21.6 Å². The van der Waals surface area contributed by atoms with Crippen molar-refractivity contribution in [3.8, 4) is 0 Å². The maximum absolute atomic E-state index is 4.72. The highest BCUT2D eigenvalue weighted by Crippen LogP contribution is 2.13. The summed E-state index contributed by atoms with van der Waals surface area (Å²) in [5, 5.41) is 17.3. The van der Waals surface area contributed by atoms with Gasteiger partial charge in [0.05, 0.1) is 6.54 Å². The molecule has 2 aromatic heterocycles. The number of nitrogens with zero attached hydrogens (tertiary/aromatic N) is 4. The molecule has 0 aliphatic carbocycles. The number of rotatable bonds is 7. The lowest BCUT2D eigenvalue weighted by molar-refractivity contribution is 0.748. The van der Waals surface area contributed by atoms with Crippen molar-refractivity contribution < 1.29 is 0 Å². The summed E-state index contributed by atoms with van der Waals surface area (Å²) in [6.07, 6.45) is 0.960. The van der Waals surface area contributed by atoms with Crippen molar-refractivity contribution in [1.82, 2.24) is 25.4 Å². The van der Waals surface area contributed by atoms with Crippen molar-refractivity contribution in [3.63, 3.8) is 0 Å². The molecule has 0 fully saturated rings. The number of aliphatic imine (C=N–C) groups is 1. The molecule has 2 N–H and O–H groups in total. The summed E-state index contributed by atoms with van der Waals surface area (Å²) in [5.41, 5.74) is 4.07. The molecule has 0 unspecified atom stereocenters. The third kappa shape index (κ3) is 5.19. The number of hydrogen-bond acceptors (Lipinski definition) is 4. The van der Waals surface area contributed by atoms with Crippen molar-refractivity contribution in [2.45, 2.75) is 40.3 Å². The smallest absolute Gasteiger partial charge is 0.192 e. The van der Waals surface area contributed by atoms with Gasteiger partial charge in [0.25, 0.3) is 0 Å². The Labute approximate surface area is 170 Å². The van der Waals surface area contributed by atoms with Crippen LogP contribution in [0.3, 0.4) is 0 Å². The van der Waals surface area contributed by atoms with E-state index in [0.29, 0.717) is 6.54 Å². The van der Waals surface area contributed by atoms with Crippen molar-refractivity contribution in [3.05, 3.63) is 68.9 Å². The Morgan fingerprint density at radius 1 is 1.07 bits per heavy atom. The lowest BCUT2D eigenvalue weighted by Crippen LogP contribution is -2.38. The molecule has 0 saturated carbocycles. The van der Waals surface area contributed by atoms with Gasteiger partial charge in [-0.05, 0) is 55.3 Å². The number of aromatic nitrogens is 3. The second-order valence-electron chi connectivity index (χ2n) is 6.87. The molecule has 0 spiro atoms. The molecule has 148 valence electrons. The fourth-order valence-electron chi connectivity index (χ4n) is 3.05. The SMILES string of the molecule is Cc1cccc(C)c1CCNC(=NCc1nnc(C)n1C)NCc1cccs1. The average Bonchev–Trinajstić information content (AvgIpc) is 3.30. The monoisotopic (exact) mass is 396 g/mol. The van der Waals surface area contributed by atoms with Crippen LogP contribution < -0.4 is 10.6 Å². The highest BCUT2D eigenvalue weighted by atomic mass is 32.1. The molecular weight excluding hydrogens is 368 g/mol. The summed E-state index contributed by atoms with van der Waals surface area (Å²) in [4.78, 5) is 6.00. The maximum Gasteiger partial charge on any atom is 0.192 e. The van der Waals surface area contributed by atoms with Gasteiger partial charge >= 0.3 is 0 Å². The number of hydrogen-bond donors (Lipinski definition) is 2. The summed E-state index contributed by atoms with van der Waals surface area (Å²) >= 11 is 1.74. The van der Waals surface area contributed by atoms with Gasteiger partial charge in [0.1, 0.15) is 12.4 Å². The summed E-state index contributed by atoms with van der Waals surface area (Å²) < 4.78 is 1.97. The standard InChI is InChI=1S/C21H28N6S/c1-15-7-5-8-16(2)19(15)10-11-22-21(23-13-18-9-6-12-28-18)24-14-20-26-25-17(3)27(20)4/h5-9,12H,10-11,13-14H2,1-4H3,(H2,22,23,24). The van der Waals surface area contributed by atoms with Gasteiger partial charge in [-0.15, -0.1) is 21.5 Å². The zero-order chi connectivity index (χ0) is 19.9. The fourth-order valence-corrected chi connectivity index (χ4v) is 3.69. The van der Waals surface area contributed by atoms with Crippen LogP contribution in [0.5, 0.6) is 0 Å². The average molecular weight is 397 g/mol. The summed E-state index contributed by atoms with van der Waals surface area (Å²) in [5.74, 6) is 2.53. The molecule has 2 heterocycles. The van der Waals surface area contributed by atoms with Crippen LogP contribution in [0.4, 0.5) is 0 Å². The van der Waals surface area contributed by atoms with E-state index in [2.05, 4.69) is 70.4 Å². The van der Waals surface area contributed by atoms with Crippen LogP contribution in [-0.4, -0.2) is 27.3 Å². The first-order valence-electron chi connectivity index (χ1n) is 9.49. The van der Waals surface area contributed by atoms with Gasteiger partial charge in [0, 0.05) is 18.5 Å². The topological polar surface area (TPSA) is 67.1 Å². The predicted octanol–water partition coefficient (Wildman–Crippen LogP) is 3.28. The third-order valence-electron chi connectivity index (χ3n) is 4.88. The molecule has 3 rings (SSSR count). The van der Waals surface area contributed by atoms with E-state index >= 15 is 0 Å². The van der Waals surface area contributed by atoms with E-state index in [4.69, 9.17) is 4.99 Å². The lowest BCUT2D eigenvalue weighted by Gasteiger charge is -2.14. The van der Waals surface area contributed by atoms with Crippen molar-refractivity contribution in [2.75, 3.05) is 6.54 Å². The summed E-state index contributed by atoms with van der Waals surface area (Å²) in [6, 6.07) is 10.6. The minimum absolute atomic E-state index is 0.487. The number of aryl methyl sites for hydroxylation is 3. The van der Waals surface area contributed by atoms with E-state index in [0.717, 1.165) is 37.1 Å². The van der Waals surface area contributed by atoms with Gasteiger partial charge in [0.2, 0.25) is 0 Å². The quantitative estimate of drug-likeness (QED) is 0.475. The minimum Gasteiger partial charge on any atom is -0.356 e. The van der Waals surface area contributed by atoms with Crippen LogP contribution in [0.1, 0.15) is 33.2 Å². The van der Waals surface area contributed by atoms with Crippen molar-refractivity contribution >= 4 is 17.3 Å². The van der Waals surface area contributed by atoms with E-state index in [1.807, 2.05) is 18.5 Å². The van der Waals surface area contributed by atoms with Crippen LogP contribution >= 0.6 is 11.3 Å². The highest BCUT2D eigenvalue weighted by Gasteiger charge is 2.07. The van der Waals surface area contributed by atoms with Gasteiger partial charge in [0.15, 0.2) is 11.8 Å². The Bertz CT molecular complexity index is 906. The molecule has 0 amide bonds. The molecule has 28 heavy (non-hydrogen) atoms. The van der Waals surface area contributed by atoms with Crippen LogP contribution in [0.2, 0.25) is 0 Å². The Kier molecular flexibility index (Phi) is 6.81. The fraction of sp³-hybridized carbons (Fsp3) is 0.381. The third-order valence-corrected chi connectivity index (χ3v) is 5.76. The molecule has 0 atom stereocenters. The second-order valence-corrected chi connectivity index (χ2v) is 7.90. The molecule has 0 saturated heterocycles. The zero-order valence-corrected chi connectivity index (χ0v) is 17.8. The molecule has 1 aromatic carbocycles. The molecule has 0 aliphatic rings. The van der Waals surface area contributed by atoms with E-state index in [-0.39, 0.29) is 0 Å². The Morgan fingerprint density at radius 2 is 1.86 bits per heavy atom. The first-order chi connectivity index (χ1) is 13.5. The Balaban J connectivity index is 1.64. The normalized spacial score (nSPS) is 11.6. The summed E-state index contributed by atoms with van der Waals surface area (Å²) in [6.45, 7) is 8.34. The Morgan fingerprint density at radius 3 is 2.50 bits per heavy atom. The number of guanidine groups is 1. The first-order valence-corrected chi connectivity index (χ1v) is 10.4. The van der Waals surface area contributed by atoms with Gasteiger partial charge in [-0.1, -0.05) is 24.3 Å². The van der Waals surface area contributed by atoms with E-state index in [1.54, 1.807) is 11.3 Å². The molecule has 0 aliphatic heterocycles. The lowest BCUT2D eigenvalue weighted by atomic mass is 10.0. The predicted molar refractivity (Wildman–Crippen MR) is 116 cm³/mol. The molecule has 7 heteroatoms. The van der Waals surface area contributed by atoms with Crippen LogP contribution in [0.25, 0.3) is 0 Å². The van der Waals surface area contributed by atoms with Crippen LogP contribution in [0.15, 0.2) is 40.7 Å². The highest BCUT2D eigenvalue weighted by molar-refractivity contribution is 7.09. The molecule has 0 radical (unpaired) electrons. The molecule has 3 aromatic rings. The maximum atomic E-state index is 4.72. The van der Waals surface area contributed by atoms with Gasteiger partial charge in [-0.25, -0.2) is 4.99 Å². The van der Waals surface area contributed by atoms with E-state index in [9.17, 15) is 0 Å². The Hall–Kier alpha value is -2.67. The first kappa shape index (κ1) is 20.1. The van der Waals surface area contributed by atoms with Gasteiger partial charge < -0.3 is 15.2 Å². The second kappa shape index (κ2) is 9.50. The van der Waals surface area contributed by atoms with Crippen molar-refractivity contribution in [2.24, 2.45) is 12.0 Å². The van der Waals surface area contributed by atoms with Crippen molar-refractivity contribution in [1.29, 1.82) is 0 Å². The molecular formula is C21H28N6S. The number of thiophene rings is 1. The van der Waals surface area contributed by atoms with Gasteiger partial charge in [-0.3, -0.25) is 0 Å². The minimum atomic E-state index is 0.487. The van der Waals surface area contributed by atoms with Crippen LogP contribution in [-0.2, 0) is 26.6 Å². The number of nitrogens with one attached hydrogen (secondary N) is 2. The number of benzene rings is 1. The van der Waals surface area contributed by atoms with E-state index < -0.39 is 0 Å². The molecule has 6 nitrogen and oxygen atoms in total. The molecule has 0 bridgehead atoms.